The van der Waals surface area contributed by atoms with Gasteiger partial charge in [0.1, 0.15) is 12.2 Å². The summed E-state index contributed by atoms with van der Waals surface area (Å²) in [4.78, 5) is 4.50. The van der Waals surface area contributed by atoms with Crippen LogP contribution in [-0.4, -0.2) is 36.9 Å². The van der Waals surface area contributed by atoms with Crippen molar-refractivity contribution in [3.63, 3.8) is 0 Å². The summed E-state index contributed by atoms with van der Waals surface area (Å²) < 4.78 is 41.3. The second-order valence-corrected chi connectivity index (χ2v) is 7.12. The Hall–Kier alpha value is -2.58. The standard InChI is InChI=1S/C22H28F3N3O2/c1-3-26-20(28-15-21(2,29)19-10-5-4-6-11-19)27-13-17-8-7-9-18(12-17)14-30-16-22(23,24)25/h4-12,29H,3,13-16H2,1-2H3,(H2,26,27,28). The number of aliphatic hydroxyl groups is 1. The molecule has 1 unspecified atom stereocenters. The van der Waals surface area contributed by atoms with Gasteiger partial charge in [0.2, 0.25) is 0 Å². The predicted molar refractivity (Wildman–Crippen MR) is 111 cm³/mol. The van der Waals surface area contributed by atoms with E-state index in [4.69, 9.17) is 4.74 Å². The summed E-state index contributed by atoms with van der Waals surface area (Å²) in [6, 6.07) is 16.4. The van der Waals surface area contributed by atoms with Gasteiger partial charge in [-0.3, -0.25) is 0 Å². The van der Waals surface area contributed by atoms with Crippen LogP contribution in [0.5, 0.6) is 0 Å². The molecule has 0 heterocycles. The lowest BCUT2D eigenvalue weighted by molar-refractivity contribution is -0.176. The van der Waals surface area contributed by atoms with Gasteiger partial charge in [0.25, 0.3) is 0 Å². The number of nitrogens with zero attached hydrogens (tertiary/aromatic N) is 1. The third-order valence-corrected chi connectivity index (χ3v) is 4.29. The first-order valence-corrected chi connectivity index (χ1v) is 9.72. The molecule has 0 radical (unpaired) electrons. The van der Waals surface area contributed by atoms with E-state index in [2.05, 4.69) is 15.6 Å². The van der Waals surface area contributed by atoms with E-state index in [1.165, 1.54) is 0 Å². The van der Waals surface area contributed by atoms with Crippen molar-refractivity contribution in [1.29, 1.82) is 0 Å². The van der Waals surface area contributed by atoms with E-state index in [-0.39, 0.29) is 13.2 Å². The highest BCUT2D eigenvalue weighted by atomic mass is 19.4. The Morgan fingerprint density at radius 2 is 1.73 bits per heavy atom. The number of nitrogens with one attached hydrogen (secondary N) is 2. The second kappa shape index (κ2) is 11.0. The van der Waals surface area contributed by atoms with Gasteiger partial charge in [-0.2, -0.15) is 13.2 Å². The summed E-state index contributed by atoms with van der Waals surface area (Å²) in [6.45, 7) is 3.50. The minimum atomic E-state index is -4.34. The van der Waals surface area contributed by atoms with Crippen LogP contribution in [0.3, 0.4) is 0 Å². The molecule has 0 aromatic heterocycles. The van der Waals surface area contributed by atoms with Crippen molar-refractivity contribution in [1.82, 2.24) is 10.6 Å². The van der Waals surface area contributed by atoms with Crippen LogP contribution in [0.2, 0.25) is 0 Å². The average Bonchev–Trinajstić information content (AvgIpc) is 2.70. The molecule has 1 atom stereocenters. The first-order valence-electron chi connectivity index (χ1n) is 9.72. The molecule has 2 rings (SSSR count). The molecule has 0 saturated carbocycles. The Bertz CT molecular complexity index is 809. The first-order chi connectivity index (χ1) is 14.2. The van der Waals surface area contributed by atoms with E-state index < -0.39 is 18.4 Å². The number of alkyl halides is 3. The second-order valence-electron chi connectivity index (χ2n) is 7.12. The number of ether oxygens (including phenoxy) is 1. The number of aliphatic imine (C=N–C) groups is 1. The van der Waals surface area contributed by atoms with Crippen molar-refractivity contribution in [3.05, 3.63) is 71.3 Å². The number of halogens is 3. The van der Waals surface area contributed by atoms with E-state index in [0.717, 1.165) is 11.1 Å². The van der Waals surface area contributed by atoms with Crippen LogP contribution < -0.4 is 10.6 Å². The molecule has 8 heteroatoms. The van der Waals surface area contributed by atoms with Gasteiger partial charge in [0.15, 0.2) is 5.96 Å². The molecule has 0 aliphatic heterocycles. The SMILES string of the molecule is CCNC(=NCc1cccc(COCC(F)(F)F)c1)NCC(C)(O)c1ccccc1. The fraction of sp³-hybridized carbons (Fsp3) is 0.409. The zero-order valence-corrected chi connectivity index (χ0v) is 17.2. The average molecular weight is 423 g/mol. The normalized spacial score (nSPS) is 14.3. The molecule has 2 aromatic rings. The molecule has 0 aliphatic carbocycles. The van der Waals surface area contributed by atoms with Crippen LogP contribution in [-0.2, 0) is 23.5 Å². The van der Waals surface area contributed by atoms with Crippen LogP contribution in [0.25, 0.3) is 0 Å². The van der Waals surface area contributed by atoms with Gasteiger partial charge < -0.3 is 20.5 Å². The Morgan fingerprint density at radius 1 is 1.03 bits per heavy atom. The van der Waals surface area contributed by atoms with Gasteiger partial charge >= 0.3 is 6.18 Å². The topological polar surface area (TPSA) is 65.9 Å². The van der Waals surface area contributed by atoms with Crippen molar-refractivity contribution in [2.24, 2.45) is 4.99 Å². The van der Waals surface area contributed by atoms with Crippen molar-refractivity contribution in [3.8, 4) is 0 Å². The van der Waals surface area contributed by atoms with Crippen molar-refractivity contribution < 1.29 is 23.0 Å². The van der Waals surface area contributed by atoms with Gasteiger partial charge in [-0.25, -0.2) is 4.99 Å². The van der Waals surface area contributed by atoms with Gasteiger partial charge in [0, 0.05) is 6.54 Å². The molecule has 0 spiro atoms. The number of benzene rings is 2. The molecular formula is C22H28F3N3O2. The van der Waals surface area contributed by atoms with Crippen molar-refractivity contribution in [2.45, 2.75) is 38.8 Å². The van der Waals surface area contributed by atoms with Crippen LogP contribution in [0.1, 0.15) is 30.5 Å². The Balaban J connectivity index is 1.96. The third kappa shape index (κ3) is 8.42. The summed E-state index contributed by atoms with van der Waals surface area (Å²) in [7, 11) is 0. The molecule has 2 aromatic carbocycles. The maximum Gasteiger partial charge on any atom is 0.411 e. The molecule has 0 amide bonds. The fourth-order valence-electron chi connectivity index (χ4n) is 2.77. The summed E-state index contributed by atoms with van der Waals surface area (Å²) in [5.74, 6) is 0.535. The minimum Gasteiger partial charge on any atom is -0.384 e. The number of hydrogen-bond donors (Lipinski definition) is 3. The smallest absolute Gasteiger partial charge is 0.384 e. The van der Waals surface area contributed by atoms with Crippen LogP contribution >= 0.6 is 0 Å². The zero-order valence-electron chi connectivity index (χ0n) is 17.2. The summed E-state index contributed by atoms with van der Waals surface area (Å²) in [5, 5.41) is 17.0. The summed E-state index contributed by atoms with van der Waals surface area (Å²) in [6.07, 6.45) is -4.34. The number of rotatable bonds is 9. The highest BCUT2D eigenvalue weighted by Crippen LogP contribution is 2.19. The van der Waals surface area contributed by atoms with Gasteiger partial charge in [-0.1, -0.05) is 54.6 Å². The number of hydrogen-bond acceptors (Lipinski definition) is 3. The lowest BCUT2D eigenvalue weighted by atomic mass is 9.96. The molecular weight excluding hydrogens is 395 g/mol. The Labute approximate surface area is 175 Å². The molecule has 30 heavy (non-hydrogen) atoms. The molecule has 0 bridgehead atoms. The summed E-state index contributed by atoms with van der Waals surface area (Å²) >= 11 is 0. The van der Waals surface area contributed by atoms with Crippen LogP contribution in [0.4, 0.5) is 13.2 Å². The van der Waals surface area contributed by atoms with E-state index in [0.29, 0.717) is 24.6 Å². The van der Waals surface area contributed by atoms with Crippen molar-refractivity contribution in [2.75, 3.05) is 19.7 Å². The monoisotopic (exact) mass is 423 g/mol. The first kappa shape index (κ1) is 23.7. The Kier molecular flexibility index (Phi) is 8.68. The number of guanidine groups is 1. The highest BCUT2D eigenvalue weighted by molar-refractivity contribution is 5.79. The minimum absolute atomic E-state index is 0.116. The molecule has 0 aliphatic rings. The van der Waals surface area contributed by atoms with Gasteiger partial charge in [0.05, 0.1) is 19.7 Å². The molecule has 0 saturated heterocycles. The molecule has 3 N–H and O–H groups in total. The predicted octanol–water partition coefficient (Wildman–Crippen LogP) is 3.73. The zero-order chi connectivity index (χ0) is 22.0. The Morgan fingerprint density at radius 3 is 2.40 bits per heavy atom. The van der Waals surface area contributed by atoms with Crippen LogP contribution in [0.15, 0.2) is 59.6 Å². The molecule has 164 valence electrons. The van der Waals surface area contributed by atoms with Gasteiger partial charge in [-0.05, 0) is 30.5 Å². The third-order valence-electron chi connectivity index (χ3n) is 4.29. The van der Waals surface area contributed by atoms with Crippen molar-refractivity contribution >= 4 is 5.96 Å². The lowest BCUT2D eigenvalue weighted by Gasteiger charge is -2.25. The molecule has 0 fully saturated rings. The summed E-state index contributed by atoms with van der Waals surface area (Å²) in [5.41, 5.74) is 1.21. The quantitative estimate of drug-likeness (QED) is 0.425. The highest BCUT2D eigenvalue weighted by Gasteiger charge is 2.27. The van der Waals surface area contributed by atoms with E-state index in [1.807, 2.05) is 43.3 Å². The lowest BCUT2D eigenvalue weighted by Crippen LogP contribution is -2.44. The van der Waals surface area contributed by atoms with E-state index in [1.54, 1.807) is 25.1 Å². The van der Waals surface area contributed by atoms with Gasteiger partial charge in [-0.15, -0.1) is 0 Å². The van der Waals surface area contributed by atoms with E-state index >= 15 is 0 Å². The van der Waals surface area contributed by atoms with Crippen LogP contribution in [0, 0.1) is 0 Å². The fourth-order valence-corrected chi connectivity index (χ4v) is 2.77. The maximum atomic E-state index is 12.2. The largest absolute Gasteiger partial charge is 0.411 e. The van der Waals surface area contributed by atoms with E-state index in [9.17, 15) is 18.3 Å². The molecule has 5 nitrogen and oxygen atoms in total. The maximum absolute atomic E-state index is 12.2.